The molecule has 1 saturated carbocycles. The summed E-state index contributed by atoms with van der Waals surface area (Å²) in [6.45, 7) is -0.700. The van der Waals surface area contributed by atoms with Crippen LogP contribution in [-0.4, -0.2) is 9.97 Å². The Labute approximate surface area is 373 Å². The van der Waals surface area contributed by atoms with Crippen molar-refractivity contribution >= 4 is 43.9 Å². The largest absolute Gasteiger partial charge is 0.501 e. The van der Waals surface area contributed by atoms with Crippen molar-refractivity contribution in [2.75, 3.05) is 0 Å². The number of nitrogens with zero attached hydrogens (tertiary/aromatic N) is 2. The monoisotopic (exact) mass is 963 g/mol. The van der Waals surface area contributed by atoms with Gasteiger partial charge in [-0.2, -0.15) is 0 Å². The second kappa shape index (κ2) is 17.2. The first kappa shape index (κ1) is 32.7. The van der Waals surface area contributed by atoms with Crippen molar-refractivity contribution in [3.05, 3.63) is 192 Å². The van der Waals surface area contributed by atoms with Crippen molar-refractivity contribution in [1.82, 2.24) is 9.97 Å². The maximum Gasteiger partial charge on any atom is 0.121 e. The molecule has 1 aliphatic rings. The molecule has 0 saturated heterocycles. The minimum Gasteiger partial charge on any atom is -0.501 e. The van der Waals surface area contributed by atoms with Gasteiger partial charge in [-0.05, 0) is 76.5 Å². The van der Waals surface area contributed by atoms with Crippen molar-refractivity contribution in [2.24, 2.45) is 5.92 Å². The van der Waals surface area contributed by atoms with E-state index in [1.54, 1.807) is 19.2 Å². The summed E-state index contributed by atoms with van der Waals surface area (Å²) in [5, 5.41) is 4.00. The van der Waals surface area contributed by atoms with Gasteiger partial charge in [-0.25, -0.2) is 0 Å². The van der Waals surface area contributed by atoms with Gasteiger partial charge in [0, 0.05) is 57.4 Å². The molecule has 1 atom stereocenters. The van der Waals surface area contributed by atoms with Gasteiger partial charge in [0.25, 0.3) is 0 Å². The van der Waals surface area contributed by atoms with E-state index in [0.29, 0.717) is 33.5 Å². The normalized spacial score (nSPS) is 15.8. The smallest absolute Gasteiger partial charge is 0.121 e. The number of pyridine rings is 2. The number of rotatable bonds is 7. The van der Waals surface area contributed by atoms with Gasteiger partial charge in [0.15, 0.2) is 0 Å². The summed E-state index contributed by atoms with van der Waals surface area (Å²) in [6.07, 6.45) is 5.94. The summed E-state index contributed by atoms with van der Waals surface area (Å²) >= 11 is 0. The third-order valence-corrected chi connectivity index (χ3v) is 11.4. The van der Waals surface area contributed by atoms with Gasteiger partial charge in [-0.15, -0.1) is 42.0 Å². The van der Waals surface area contributed by atoms with Gasteiger partial charge in [-0.3, -0.25) is 0 Å². The Morgan fingerprint density at radius 3 is 2.33 bits per heavy atom. The average Bonchev–Trinajstić information content (AvgIpc) is 4.10. The average molecular weight is 963 g/mol. The molecule has 4 heterocycles. The Hall–Kier alpha value is -6.13. The Kier molecular flexibility index (Phi) is 9.39. The van der Waals surface area contributed by atoms with E-state index in [1.807, 2.05) is 115 Å². The fraction of sp³-hybridized carbons (Fsp3) is 0.164. The maximum atomic E-state index is 9.23. The topological polar surface area (TPSA) is 52.1 Å². The van der Waals surface area contributed by atoms with Crippen LogP contribution in [0.5, 0.6) is 0 Å². The second-order valence-corrected chi connectivity index (χ2v) is 15.2. The molecule has 0 spiro atoms. The summed E-state index contributed by atoms with van der Waals surface area (Å²) < 4.78 is 63.1. The maximum absolute atomic E-state index is 9.23. The standard InChI is InChI=1S/C32H24NO.C23H20NO.Ir/c1-21-20-33-30(19-29(21)22(2)23-10-5-3-6-11-23)28-15-9-14-27-26-17-16-25(18-31(26)34-32(27)28)24-12-7-4-8-13-24;1-2-6-16(5-1)13-17-11-12-24-21(14-17)18-9-10-23-20(15-18)19-7-3-4-8-22(19)25-23;/h3-14,16-20,22H,1-2H3;3-4,7-8,10-12,14-16H,1-2,5-6,13H2;/q2*-1;/i1D3,22D;13D2;. The van der Waals surface area contributed by atoms with Crippen molar-refractivity contribution < 1.29 is 37.2 Å². The summed E-state index contributed by atoms with van der Waals surface area (Å²) in [5.74, 6) is -1.22. The van der Waals surface area contributed by atoms with Crippen molar-refractivity contribution in [1.29, 1.82) is 0 Å². The molecule has 6 aromatic carbocycles. The molecular formula is C55H44IrN2O2-2. The predicted octanol–water partition coefficient (Wildman–Crippen LogP) is 14.8. The van der Waals surface area contributed by atoms with Crippen molar-refractivity contribution in [3.8, 4) is 33.6 Å². The van der Waals surface area contributed by atoms with Crippen LogP contribution in [0.1, 0.15) is 69.0 Å². The zero-order valence-corrected chi connectivity index (χ0v) is 35.4. The van der Waals surface area contributed by atoms with Crippen LogP contribution in [0.25, 0.3) is 77.5 Å². The SMILES string of the molecule is [2H]C([2H])([2H])c1cnc(-c2[c-]ccc3c2oc2cc(-c4ccccc4)ccc23)cc1C([2H])(C)c1ccccc1.[2H]C([2H])(c1ccnc(-c2[c-]cc3oc4ccccc4c3c2)c1)C1CCCC1.[Ir]. The van der Waals surface area contributed by atoms with E-state index < -0.39 is 19.1 Å². The van der Waals surface area contributed by atoms with E-state index in [1.165, 1.54) is 6.20 Å². The molecule has 0 amide bonds. The molecular weight excluding hydrogens is 913 g/mol. The molecule has 60 heavy (non-hydrogen) atoms. The Bertz CT molecular complexity index is 3340. The second-order valence-electron chi connectivity index (χ2n) is 15.2. The zero-order chi connectivity index (χ0) is 44.9. The van der Waals surface area contributed by atoms with E-state index in [4.69, 9.17) is 15.7 Å². The van der Waals surface area contributed by atoms with Crippen molar-refractivity contribution in [3.63, 3.8) is 0 Å². The van der Waals surface area contributed by atoms with Gasteiger partial charge in [0.1, 0.15) is 11.2 Å². The van der Waals surface area contributed by atoms with E-state index >= 15 is 0 Å². The van der Waals surface area contributed by atoms with E-state index in [-0.39, 0.29) is 31.6 Å². The number of benzene rings is 6. The minimum atomic E-state index is -2.42. The quantitative estimate of drug-likeness (QED) is 0.149. The van der Waals surface area contributed by atoms with Crippen LogP contribution >= 0.6 is 0 Å². The number of furan rings is 2. The van der Waals surface area contributed by atoms with Crippen LogP contribution in [-0.2, 0) is 26.5 Å². The van der Waals surface area contributed by atoms with Crippen LogP contribution < -0.4 is 0 Å². The summed E-state index contributed by atoms with van der Waals surface area (Å²) in [4.78, 5) is 9.03. The summed E-state index contributed by atoms with van der Waals surface area (Å²) in [5.41, 5.74) is 9.78. The van der Waals surface area contributed by atoms with Gasteiger partial charge in [-0.1, -0.05) is 158 Å². The molecule has 5 heteroatoms. The first-order chi connectivity index (χ1) is 31.4. The molecule has 0 aliphatic heterocycles. The van der Waals surface area contributed by atoms with E-state index in [0.717, 1.165) is 86.4 Å². The molecule has 0 bridgehead atoms. The number of hydrogen-bond donors (Lipinski definition) is 0. The summed E-state index contributed by atoms with van der Waals surface area (Å²) in [6, 6.07) is 53.1. The van der Waals surface area contributed by atoms with Gasteiger partial charge in [0.2, 0.25) is 0 Å². The molecule has 1 radical (unpaired) electrons. The van der Waals surface area contributed by atoms with Crippen LogP contribution in [0.15, 0.2) is 167 Å². The first-order valence-electron chi connectivity index (χ1n) is 23.2. The molecule has 11 rings (SSSR count). The zero-order valence-electron chi connectivity index (χ0n) is 39.0. The number of para-hydroxylation sites is 1. The molecule has 4 aromatic heterocycles. The number of aromatic nitrogens is 2. The minimum absolute atomic E-state index is 0. The Morgan fingerprint density at radius 1 is 0.717 bits per heavy atom. The van der Waals surface area contributed by atoms with Crippen LogP contribution in [0.2, 0.25) is 0 Å². The van der Waals surface area contributed by atoms with Crippen molar-refractivity contribution in [2.45, 2.75) is 51.7 Å². The molecule has 10 aromatic rings. The third kappa shape index (κ3) is 7.84. The summed E-state index contributed by atoms with van der Waals surface area (Å²) in [7, 11) is 0. The molecule has 1 unspecified atom stereocenters. The Balaban J connectivity index is 0.000000172. The molecule has 1 fully saturated rings. The fourth-order valence-electron chi connectivity index (χ4n) is 8.28. The van der Waals surface area contributed by atoms with E-state index in [9.17, 15) is 1.37 Å². The number of hydrogen-bond acceptors (Lipinski definition) is 4. The number of aryl methyl sites for hydroxylation is 1. The van der Waals surface area contributed by atoms with Gasteiger partial charge >= 0.3 is 0 Å². The molecule has 1 aliphatic carbocycles. The fourth-order valence-corrected chi connectivity index (χ4v) is 8.28. The molecule has 297 valence electrons. The van der Waals surface area contributed by atoms with Crippen LogP contribution in [0.3, 0.4) is 0 Å². The van der Waals surface area contributed by atoms with Gasteiger partial charge in [0.05, 0.1) is 11.2 Å². The number of fused-ring (bicyclic) bond motifs is 6. The third-order valence-electron chi connectivity index (χ3n) is 11.4. The Morgan fingerprint density at radius 2 is 1.50 bits per heavy atom. The van der Waals surface area contributed by atoms with Crippen LogP contribution in [0, 0.1) is 24.9 Å². The van der Waals surface area contributed by atoms with Crippen LogP contribution in [0.4, 0.5) is 0 Å². The first-order valence-corrected chi connectivity index (χ1v) is 20.2. The predicted molar refractivity (Wildman–Crippen MR) is 241 cm³/mol. The molecule has 4 nitrogen and oxygen atoms in total. The van der Waals surface area contributed by atoms with E-state index in [2.05, 4.69) is 46.4 Å². The molecule has 0 N–H and O–H groups in total. The van der Waals surface area contributed by atoms with Gasteiger partial charge < -0.3 is 18.8 Å².